The van der Waals surface area contributed by atoms with Crippen molar-refractivity contribution in [1.29, 1.82) is 0 Å². The van der Waals surface area contributed by atoms with Crippen LogP contribution in [0.15, 0.2) is 41.6 Å². The topological polar surface area (TPSA) is 75.2 Å². The lowest BCUT2D eigenvalue weighted by atomic mass is 10.1. The van der Waals surface area contributed by atoms with Crippen LogP contribution in [0.5, 0.6) is 0 Å². The molecule has 6 nitrogen and oxygen atoms in total. The van der Waals surface area contributed by atoms with E-state index in [1.807, 2.05) is 13.0 Å². The summed E-state index contributed by atoms with van der Waals surface area (Å²) in [5, 5.41) is 3.26. The van der Waals surface area contributed by atoms with Gasteiger partial charge in [-0.1, -0.05) is 0 Å². The summed E-state index contributed by atoms with van der Waals surface area (Å²) < 4.78 is 64.6. The normalized spacial score (nSPS) is 17.0. The van der Waals surface area contributed by atoms with Crippen LogP contribution in [-0.2, 0) is 16.2 Å². The summed E-state index contributed by atoms with van der Waals surface area (Å²) in [6.45, 7) is 2.42. The number of piperidine rings is 1. The van der Waals surface area contributed by atoms with Crippen molar-refractivity contribution in [2.75, 3.05) is 18.4 Å². The minimum Gasteiger partial charge on any atom is -0.367 e. The molecule has 0 bridgehead atoms. The lowest BCUT2D eigenvalue weighted by Crippen LogP contribution is -2.42. The number of aromatic nitrogens is 2. The Morgan fingerprint density at radius 2 is 1.74 bits per heavy atom. The Labute approximate surface area is 155 Å². The van der Waals surface area contributed by atoms with E-state index in [0.717, 1.165) is 30.0 Å². The van der Waals surface area contributed by atoms with Gasteiger partial charge in [0.2, 0.25) is 10.0 Å². The van der Waals surface area contributed by atoms with Gasteiger partial charge in [0, 0.05) is 30.9 Å². The van der Waals surface area contributed by atoms with E-state index in [2.05, 4.69) is 15.3 Å². The smallest absolute Gasteiger partial charge is 0.367 e. The van der Waals surface area contributed by atoms with Crippen LogP contribution in [-0.4, -0.2) is 41.8 Å². The van der Waals surface area contributed by atoms with Crippen molar-refractivity contribution >= 4 is 15.8 Å². The van der Waals surface area contributed by atoms with E-state index in [9.17, 15) is 21.6 Å². The second-order valence-corrected chi connectivity index (χ2v) is 8.33. The molecule has 0 unspecified atom stereocenters. The number of aryl methyl sites for hydroxylation is 1. The summed E-state index contributed by atoms with van der Waals surface area (Å²) in [4.78, 5) is 8.02. The molecule has 146 valence electrons. The fourth-order valence-corrected chi connectivity index (χ4v) is 4.42. The summed E-state index contributed by atoms with van der Waals surface area (Å²) in [6, 6.07) is 5.47. The number of hydrogen-bond donors (Lipinski definition) is 1. The number of nitrogens with zero attached hydrogens (tertiary/aromatic N) is 3. The molecule has 2 aromatic rings. The zero-order valence-corrected chi connectivity index (χ0v) is 15.4. The maximum Gasteiger partial charge on any atom is 0.416 e. The first kappa shape index (κ1) is 19.6. The molecule has 0 amide bonds. The van der Waals surface area contributed by atoms with Gasteiger partial charge < -0.3 is 5.32 Å². The number of halogens is 3. The van der Waals surface area contributed by atoms with Crippen LogP contribution in [0.4, 0.5) is 19.0 Å². The average Bonchev–Trinajstić information content (AvgIpc) is 2.62. The van der Waals surface area contributed by atoms with E-state index in [1.54, 1.807) is 0 Å². The Bertz CT molecular complexity index is 893. The first-order valence-electron chi connectivity index (χ1n) is 8.39. The number of anilines is 1. The van der Waals surface area contributed by atoms with Gasteiger partial charge in [0.1, 0.15) is 12.1 Å². The minimum atomic E-state index is -4.49. The molecule has 10 heteroatoms. The van der Waals surface area contributed by atoms with Crippen LogP contribution in [0, 0.1) is 6.92 Å². The molecule has 1 N–H and O–H groups in total. The fourth-order valence-electron chi connectivity index (χ4n) is 2.95. The fraction of sp³-hybridized carbons (Fsp3) is 0.412. The molecule has 1 fully saturated rings. The molecule has 0 saturated carbocycles. The van der Waals surface area contributed by atoms with E-state index in [0.29, 0.717) is 18.7 Å². The Balaban J connectivity index is 1.64. The van der Waals surface area contributed by atoms with Gasteiger partial charge >= 0.3 is 6.18 Å². The molecule has 0 radical (unpaired) electrons. The molecule has 1 aliphatic heterocycles. The molecule has 1 aromatic carbocycles. The Hall–Kier alpha value is -2.20. The van der Waals surface area contributed by atoms with E-state index < -0.39 is 21.8 Å². The molecule has 1 saturated heterocycles. The molecule has 2 heterocycles. The molecule has 1 aromatic heterocycles. The third-order valence-electron chi connectivity index (χ3n) is 4.43. The van der Waals surface area contributed by atoms with E-state index in [1.165, 1.54) is 10.6 Å². The number of alkyl halides is 3. The highest BCUT2D eigenvalue weighted by Gasteiger charge is 2.33. The van der Waals surface area contributed by atoms with E-state index >= 15 is 0 Å². The van der Waals surface area contributed by atoms with Crippen molar-refractivity contribution in [3.63, 3.8) is 0 Å². The van der Waals surface area contributed by atoms with E-state index in [4.69, 9.17) is 0 Å². The molecule has 27 heavy (non-hydrogen) atoms. The second kappa shape index (κ2) is 7.43. The van der Waals surface area contributed by atoms with E-state index in [-0.39, 0.29) is 24.0 Å². The van der Waals surface area contributed by atoms with Gasteiger partial charge in [-0.2, -0.15) is 17.5 Å². The van der Waals surface area contributed by atoms with Crippen molar-refractivity contribution in [2.24, 2.45) is 0 Å². The van der Waals surface area contributed by atoms with Gasteiger partial charge in [-0.25, -0.2) is 18.4 Å². The van der Waals surface area contributed by atoms with Crippen molar-refractivity contribution in [1.82, 2.24) is 14.3 Å². The molecular weight excluding hydrogens is 381 g/mol. The molecule has 1 aliphatic rings. The van der Waals surface area contributed by atoms with Gasteiger partial charge in [0.25, 0.3) is 0 Å². The van der Waals surface area contributed by atoms with Gasteiger partial charge in [-0.15, -0.1) is 0 Å². The maximum absolute atomic E-state index is 12.7. The first-order chi connectivity index (χ1) is 12.7. The monoisotopic (exact) mass is 400 g/mol. The summed E-state index contributed by atoms with van der Waals surface area (Å²) in [7, 11) is -3.81. The highest BCUT2D eigenvalue weighted by atomic mass is 32.2. The summed E-state index contributed by atoms with van der Waals surface area (Å²) in [5.41, 5.74) is -0.0423. The largest absolute Gasteiger partial charge is 0.416 e. The minimum absolute atomic E-state index is 0.0679. The molecule has 0 atom stereocenters. The number of hydrogen-bond acceptors (Lipinski definition) is 5. The van der Waals surface area contributed by atoms with Crippen molar-refractivity contribution in [3.05, 3.63) is 47.9 Å². The van der Waals surface area contributed by atoms with Crippen LogP contribution in [0.3, 0.4) is 0 Å². The third-order valence-corrected chi connectivity index (χ3v) is 6.34. The standard InChI is InChI=1S/C17H19F3N4O2S/c1-12-10-16(22-11-21-12)23-14-6-8-24(9-7-14)27(25,26)15-4-2-13(3-5-15)17(18,19)20/h2-5,10-11,14H,6-9H2,1H3,(H,21,22,23). The van der Waals surface area contributed by atoms with Crippen molar-refractivity contribution in [2.45, 2.75) is 36.9 Å². The second-order valence-electron chi connectivity index (χ2n) is 6.39. The van der Waals surface area contributed by atoms with Crippen LogP contribution < -0.4 is 5.32 Å². The number of rotatable bonds is 4. The van der Waals surface area contributed by atoms with Gasteiger partial charge in [-0.3, -0.25) is 0 Å². The number of nitrogens with one attached hydrogen (secondary N) is 1. The summed E-state index contributed by atoms with van der Waals surface area (Å²) >= 11 is 0. The van der Waals surface area contributed by atoms with Crippen LogP contribution in [0.25, 0.3) is 0 Å². The molecule has 0 spiro atoms. The average molecular weight is 400 g/mol. The SMILES string of the molecule is Cc1cc(NC2CCN(S(=O)(=O)c3ccc(C(F)(F)F)cc3)CC2)ncn1. The summed E-state index contributed by atoms with van der Waals surface area (Å²) in [5.74, 6) is 0.687. The van der Waals surface area contributed by atoms with Gasteiger partial charge in [-0.05, 0) is 44.0 Å². The van der Waals surface area contributed by atoms with Crippen molar-refractivity contribution < 1.29 is 21.6 Å². The predicted molar refractivity (Wildman–Crippen MR) is 93.6 cm³/mol. The van der Waals surface area contributed by atoms with Crippen molar-refractivity contribution in [3.8, 4) is 0 Å². The van der Waals surface area contributed by atoms with Crippen LogP contribution >= 0.6 is 0 Å². The van der Waals surface area contributed by atoms with Crippen LogP contribution in [0.2, 0.25) is 0 Å². The highest BCUT2D eigenvalue weighted by molar-refractivity contribution is 7.89. The van der Waals surface area contributed by atoms with Gasteiger partial charge in [0.05, 0.1) is 10.5 Å². The predicted octanol–water partition coefficient (Wildman–Crippen LogP) is 3.07. The lowest BCUT2D eigenvalue weighted by molar-refractivity contribution is -0.137. The first-order valence-corrected chi connectivity index (χ1v) is 9.83. The van der Waals surface area contributed by atoms with Crippen LogP contribution in [0.1, 0.15) is 24.1 Å². The third kappa shape index (κ3) is 4.56. The Morgan fingerprint density at radius 3 is 2.30 bits per heavy atom. The Kier molecular flexibility index (Phi) is 5.38. The molecular formula is C17H19F3N4O2S. The number of sulfonamides is 1. The maximum atomic E-state index is 12.7. The number of benzene rings is 1. The summed E-state index contributed by atoms with van der Waals surface area (Å²) in [6.07, 6.45) is -1.89. The highest BCUT2D eigenvalue weighted by Crippen LogP contribution is 2.30. The quantitative estimate of drug-likeness (QED) is 0.854. The Morgan fingerprint density at radius 1 is 1.11 bits per heavy atom. The molecule has 0 aliphatic carbocycles. The van der Waals surface area contributed by atoms with Gasteiger partial charge in [0.15, 0.2) is 0 Å². The molecule has 3 rings (SSSR count). The lowest BCUT2D eigenvalue weighted by Gasteiger charge is -2.31. The zero-order chi connectivity index (χ0) is 19.7. The zero-order valence-electron chi connectivity index (χ0n) is 14.6.